The van der Waals surface area contributed by atoms with Gasteiger partial charge in [0.2, 0.25) is 11.8 Å². The largest absolute Gasteiger partial charge is 0.439 e. The van der Waals surface area contributed by atoms with Crippen LogP contribution in [0, 0.1) is 0 Å². The summed E-state index contributed by atoms with van der Waals surface area (Å²) in [6.45, 7) is 1.47. The molecule has 1 aliphatic rings. The van der Waals surface area contributed by atoms with Crippen LogP contribution in [0.2, 0.25) is 0 Å². The van der Waals surface area contributed by atoms with Crippen LogP contribution in [-0.2, 0) is 11.3 Å². The lowest BCUT2D eigenvalue weighted by Gasteiger charge is -2.22. The fraction of sp³-hybridized carbons (Fsp3) is 0.333. The molecular weight excluding hydrogens is 322 g/mol. The fourth-order valence-electron chi connectivity index (χ4n) is 2.43. The van der Waals surface area contributed by atoms with Gasteiger partial charge in [0.1, 0.15) is 5.75 Å². The molecular formula is C18H21N3O2S. The van der Waals surface area contributed by atoms with Gasteiger partial charge in [0, 0.05) is 49.3 Å². The van der Waals surface area contributed by atoms with Crippen LogP contribution < -0.4 is 15.4 Å². The molecule has 2 N–H and O–H groups in total. The Balaban J connectivity index is 1.44. The van der Waals surface area contributed by atoms with Gasteiger partial charge in [-0.05, 0) is 17.7 Å². The second-order valence-electron chi connectivity index (χ2n) is 5.63. The molecule has 126 valence electrons. The minimum Gasteiger partial charge on any atom is -0.439 e. The van der Waals surface area contributed by atoms with Crippen molar-refractivity contribution in [3.05, 3.63) is 54.2 Å². The van der Waals surface area contributed by atoms with Gasteiger partial charge in [-0.3, -0.25) is 4.79 Å². The van der Waals surface area contributed by atoms with Crippen molar-refractivity contribution in [2.45, 2.75) is 19.0 Å². The van der Waals surface area contributed by atoms with E-state index in [0.717, 1.165) is 29.4 Å². The van der Waals surface area contributed by atoms with Crippen molar-refractivity contribution < 1.29 is 9.53 Å². The second-order valence-corrected chi connectivity index (χ2v) is 6.78. The summed E-state index contributed by atoms with van der Waals surface area (Å²) in [7, 11) is 0. The van der Waals surface area contributed by atoms with Crippen LogP contribution in [0.1, 0.15) is 12.0 Å². The van der Waals surface area contributed by atoms with Crippen molar-refractivity contribution in [1.29, 1.82) is 0 Å². The van der Waals surface area contributed by atoms with Crippen molar-refractivity contribution in [2.75, 3.05) is 18.1 Å². The Morgan fingerprint density at radius 2 is 2.17 bits per heavy atom. The molecule has 1 aromatic heterocycles. The van der Waals surface area contributed by atoms with Crippen LogP contribution in [0.4, 0.5) is 0 Å². The zero-order valence-corrected chi connectivity index (χ0v) is 14.2. The number of hydrogen-bond acceptors (Lipinski definition) is 5. The predicted molar refractivity (Wildman–Crippen MR) is 96.3 cm³/mol. The Morgan fingerprint density at radius 1 is 1.29 bits per heavy atom. The van der Waals surface area contributed by atoms with E-state index in [-0.39, 0.29) is 11.9 Å². The minimum absolute atomic E-state index is 0.0691. The number of aromatic nitrogens is 1. The first-order valence-corrected chi connectivity index (χ1v) is 9.21. The molecule has 1 amide bonds. The summed E-state index contributed by atoms with van der Waals surface area (Å²) in [6.07, 6.45) is 2.25. The van der Waals surface area contributed by atoms with Crippen molar-refractivity contribution in [3.63, 3.8) is 0 Å². The van der Waals surface area contributed by atoms with Gasteiger partial charge in [0.15, 0.2) is 0 Å². The zero-order chi connectivity index (χ0) is 16.6. The van der Waals surface area contributed by atoms with Crippen molar-refractivity contribution in [2.24, 2.45) is 0 Å². The predicted octanol–water partition coefficient (Wildman–Crippen LogP) is 2.59. The van der Waals surface area contributed by atoms with Gasteiger partial charge in [-0.1, -0.05) is 24.3 Å². The van der Waals surface area contributed by atoms with Gasteiger partial charge in [-0.15, -0.1) is 0 Å². The Bertz CT molecular complexity index is 643. The van der Waals surface area contributed by atoms with E-state index < -0.39 is 0 Å². The summed E-state index contributed by atoms with van der Waals surface area (Å²) in [5, 5.41) is 6.31. The number of rotatable bonds is 6. The Labute approximate surface area is 146 Å². The number of thioether (sulfide) groups is 1. The maximum Gasteiger partial charge on any atom is 0.221 e. The summed E-state index contributed by atoms with van der Waals surface area (Å²) < 4.78 is 5.65. The molecule has 24 heavy (non-hydrogen) atoms. The maximum absolute atomic E-state index is 12.0. The zero-order valence-electron chi connectivity index (χ0n) is 13.4. The van der Waals surface area contributed by atoms with Crippen LogP contribution in [-0.4, -0.2) is 35.0 Å². The first-order chi connectivity index (χ1) is 11.8. The van der Waals surface area contributed by atoms with Gasteiger partial charge in [0.25, 0.3) is 0 Å². The lowest BCUT2D eigenvalue weighted by Crippen LogP contribution is -2.41. The van der Waals surface area contributed by atoms with Crippen LogP contribution in [0.25, 0.3) is 0 Å². The van der Waals surface area contributed by atoms with Crippen LogP contribution in [0.5, 0.6) is 11.6 Å². The van der Waals surface area contributed by atoms with E-state index in [1.807, 2.05) is 54.2 Å². The minimum atomic E-state index is 0.0691. The van der Waals surface area contributed by atoms with Gasteiger partial charge < -0.3 is 15.4 Å². The highest BCUT2D eigenvalue weighted by molar-refractivity contribution is 7.99. The molecule has 1 atom stereocenters. The number of hydrogen-bond donors (Lipinski definition) is 2. The third-order valence-corrected chi connectivity index (χ3v) is 4.81. The Morgan fingerprint density at radius 3 is 2.88 bits per heavy atom. The summed E-state index contributed by atoms with van der Waals surface area (Å²) in [5.74, 6) is 3.49. The van der Waals surface area contributed by atoms with Crippen LogP contribution >= 0.6 is 11.8 Å². The molecule has 1 saturated heterocycles. The summed E-state index contributed by atoms with van der Waals surface area (Å²) in [6, 6.07) is 13.5. The molecule has 0 saturated carbocycles. The van der Waals surface area contributed by atoms with Gasteiger partial charge in [-0.2, -0.15) is 11.8 Å². The monoisotopic (exact) mass is 343 g/mol. The van der Waals surface area contributed by atoms with E-state index >= 15 is 0 Å². The standard InChI is InChI=1S/C18H21N3O2S/c22-17(10-15-13-24-9-8-19-15)20-11-14-6-7-18(21-12-14)23-16-4-2-1-3-5-16/h1-7,12,15,19H,8-11,13H2,(H,20,22). The number of amides is 1. The van der Waals surface area contributed by atoms with Crippen LogP contribution in [0.15, 0.2) is 48.7 Å². The molecule has 1 aliphatic heterocycles. The third-order valence-electron chi connectivity index (χ3n) is 3.68. The highest BCUT2D eigenvalue weighted by Crippen LogP contribution is 2.18. The summed E-state index contributed by atoms with van der Waals surface area (Å²) in [4.78, 5) is 16.3. The SMILES string of the molecule is O=C(CC1CSCCN1)NCc1ccc(Oc2ccccc2)nc1. The number of para-hydroxylation sites is 1. The molecule has 2 aromatic rings. The molecule has 1 fully saturated rings. The third kappa shape index (κ3) is 5.25. The molecule has 0 radical (unpaired) electrons. The van der Waals surface area contributed by atoms with Crippen molar-refractivity contribution in [3.8, 4) is 11.6 Å². The van der Waals surface area contributed by atoms with E-state index in [0.29, 0.717) is 18.8 Å². The average molecular weight is 343 g/mol. The number of nitrogens with zero attached hydrogens (tertiary/aromatic N) is 1. The lowest BCUT2D eigenvalue weighted by molar-refractivity contribution is -0.121. The van der Waals surface area contributed by atoms with Crippen molar-refractivity contribution in [1.82, 2.24) is 15.6 Å². The first kappa shape index (κ1) is 16.8. The van der Waals surface area contributed by atoms with E-state index in [1.165, 1.54) is 0 Å². The van der Waals surface area contributed by atoms with Gasteiger partial charge >= 0.3 is 0 Å². The molecule has 3 rings (SSSR count). The van der Waals surface area contributed by atoms with Gasteiger partial charge in [-0.25, -0.2) is 4.98 Å². The number of benzene rings is 1. The second kappa shape index (κ2) is 8.70. The summed E-state index contributed by atoms with van der Waals surface area (Å²) in [5.41, 5.74) is 0.953. The molecule has 1 aromatic carbocycles. The molecule has 0 bridgehead atoms. The maximum atomic E-state index is 12.0. The van der Waals surface area contributed by atoms with Crippen molar-refractivity contribution >= 4 is 17.7 Å². The Hall–Kier alpha value is -2.05. The molecule has 1 unspecified atom stereocenters. The van der Waals surface area contributed by atoms with Crippen LogP contribution in [0.3, 0.4) is 0 Å². The summed E-state index contributed by atoms with van der Waals surface area (Å²) >= 11 is 1.90. The number of carbonyl (C=O) groups excluding carboxylic acids is 1. The molecule has 5 nitrogen and oxygen atoms in total. The van der Waals surface area contributed by atoms with E-state index in [1.54, 1.807) is 6.20 Å². The number of nitrogens with one attached hydrogen (secondary N) is 2. The van der Waals surface area contributed by atoms with E-state index in [2.05, 4.69) is 15.6 Å². The number of ether oxygens (including phenoxy) is 1. The highest BCUT2D eigenvalue weighted by Gasteiger charge is 2.16. The smallest absolute Gasteiger partial charge is 0.221 e. The first-order valence-electron chi connectivity index (χ1n) is 8.05. The highest BCUT2D eigenvalue weighted by atomic mass is 32.2. The topological polar surface area (TPSA) is 63.2 Å². The molecule has 0 aliphatic carbocycles. The molecule has 0 spiro atoms. The lowest BCUT2D eigenvalue weighted by atomic mass is 10.2. The quantitative estimate of drug-likeness (QED) is 0.844. The normalized spacial score (nSPS) is 17.2. The van der Waals surface area contributed by atoms with E-state index in [4.69, 9.17) is 4.74 Å². The van der Waals surface area contributed by atoms with E-state index in [9.17, 15) is 4.79 Å². The average Bonchev–Trinajstić information content (AvgIpc) is 2.63. The number of carbonyl (C=O) groups is 1. The number of pyridine rings is 1. The molecule has 6 heteroatoms. The van der Waals surface area contributed by atoms with Gasteiger partial charge in [0.05, 0.1) is 0 Å². The molecule has 2 heterocycles. The Kier molecular flexibility index (Phi) is 6.09. The fourth-order valence-corrected chi connectivity index (χ4v) is 3.38.